The van der Waals surface area contributed by atoms with Crippen molar-refractivity contribution >= 4 is 11.8 Å². The van der Waals surface area contributed by atoms with E-state index in [4.69, 9.17) is 0 Å². The van der Waals surface area contributed by atoms with E-state index in [0.29, 0.717) is 12.6 Å². The van der Waals surface area contributed by atoms with Crippen molar-refractivity contribution in [3.8, 4) is 0 Å². The third-order valence-electron chi connectivity index (χ3n) is 5.30. The van der Waals surface area contributed by atoms with Crippen LogP contribution in [-0.2, 0) is 9.59 Å². The van der Waals surface area contributed by atoms with E-state index in [2.05, 4.69) is 17.1 Å². The summed E-state index contributed by atoms with van der Waals surface area (Å²) in [6.45, 7) is 6.24. The van der Waals surface area contributed by atoms with Crippen LogP contribution in [0.25, 0.3) is 0 Å². The highest BCUT2D eigenvalue weighted by atomic mass is 16.2. The van der Waals surface area contributed by atoms with Crippen LogP contribution >= 0.6 is 0 Å². The van der Waals surface area contributed by atoms with Gasteiger partial charge in [0.1, 0.15) is 0 Å². The van der Waals surface area contributed by atoms with Crippen molar-refractivity contribution < 1.29 is 9.59 Å². The number of nitrogens with zero attached hydrogens (tertiary/aromatic N) is 2. The predicted octanol–water partition coefficient (Wildman–Crippen LogP) is 1.24. The first-order valence-corrected chi connectivity index (χ1v) is 8.92. The summed E-state index contributed by atoms with van der Waals surface area (Å²) in [5.41, 5.74) is 0. The van der Waals surface area contributed by atoms with Crippen LogP contribution in [0.1, 0.15) is 45.4 Å². The summed E-state index contributed by atoms with van der Waals surface area (Å²) in [5.74, 6) is 1.26. The minimum atomic E-state index is 0.0727. The molecule has 3 fully saturated rings. The van der Waals surface area contributed by atoms with Crippen LogP contribution in [0.15, 0.2) is 0 Å². The highest BCUT2D eigenvalue weighted by Crippen LogP contribution is 2.22. The van der Waals surface area contributed by atoms with Gasteiger partial charge in [-0.25, -0.2) is 0 Å². The number of hydrogen-bond acceptors (Lipinski definition) is 3. The van der Waals surface area contributed by atoms with Crippen LogP contribution in [0, 0.1) is 11.8 Å². The van der Waals surface area contributed by atoms with Crippen LogP contribution in [0.2, 0.25) is 0 Å². The van der Waals surface area contributed by atoms with Gasteiger partial charge in [-0.05, 0) is 51.0 Å². The van der Waals surface area contributed by atoms with E-state index in [1.165, 1.54) is 0 Å². The molecule has 0 bridgehead atoms. The predicted molar refractivity (Wildman–Crippen MR) is 85.3 cm³/mol. The highest BCUT2D eigenvalue weighted by Gasteiger charge is 2.31. The van der Waals surface area contributed by atoms with Gasteiger partial charge in [0.05, 0.1) is 12.5 Å². The van der Waals surface area contributed by atoms with Gasteiger partial charge in [0.2, 0.25) is 11.8 Å². The molecule has 0 aromatic rings. The molecule has 2 saturated heterocycles. The molecule has 1 aliphatic carbocycles. The summed E-state index contributed by atoms with van der Waals surface area (Å²) in [6, 6.07) is 0.430. The number of likely N-dealkylation sites (tertiary alicyclic amines) is 2. The monoisotopic (exact) mass is 307 g/mol. The Morgan fingerprint density at radius 3 is 2.45 bits per heavy atom. The van der Waals surface area contributed by atoms with Gasteiger partial charge in [-0.3, -0.25) is 14.5 Å². The Labute approximate surface area is 133 Å². The third-order valence-corrected chi connectivity index (χ3v) is 5.30. The fraction of sp³-hybridized carbons (Fsp3) is 0.882. The first kappa shape index (κ1) is 15.8. The van der Waals surface area contributed by atoms with Crippen molar-refractivity contribution in [2.45, 2.75) is 51.5 Å². The molecule has 5 nitrogen and oxygen atoms in total. The van der Waals surface area contributed by atoms with Gasteiger partial charge in [-0.15, -0.1) is 0 Å². The molecule has 1 atom stereocenters. The Kier molecular flexibility index (Phi) is 5.01. The Morgan fingerprint density at radius 2 is 1.77 bits per heavy atom. The van der Waals surface area contributed by atoms with Crippen LogP contribution in [0.4, 0.5) is 0 Å². The molecule has 5 heteroatoms. The maximum Gasteiger partial charge on any atom is 0.236 e. The quantitative estimate of drug-likeness (QED) is 0.850. The van der Waals surface area contributed by atoms with E-state index in [0.717, 1.165) is 70.6 Å². The highest BCUT2D eigenvalue weighted by molar-refractivity contribution is 5.80. The van der Waals surface area contributed by atoms with Crippen LogP contribution in [0.3, 0.4) is 0 Å². The zero-order chi connectivity index (χ0) is 15.5. The van der Waals surface area contributed by atoms with E-state index in [1.54, 1.807) is 0 Å². The number of rotatable bonds is 4. The topological polar surface area (TPSA) is 52.7 Å². The number of piperidine rings is 2. The molecule has 3 rings (SSSR count). The lowest BCUT2D eigenvalue weighted by atomic mass is 9.96. The second kappa shape index (κ2) is 6.99. The molecule has 2 aliphatic heterocycles. The molecule has 22 heavy (non-hydrogen) atoms. The lowest BCUT2D eigenvalue weighted by Gasteiger charge is -2.35. The summed E-state index contributed by atoms with van der Waals surface area (Å²) < 4.78 is 0. The first-order chi connectivity index (χ1) is 10.6. The van der Waals surface area contributed by atoms with Crippen molar-refractivity contribution in [1.29, 1.82) is 0 Å². The SMILES string of the molecule is CC1CCN(C(=O)CN2CCCC(C(=O)NC3CC3)C2)CC1. The molecule has 2 heterocycles. The first-order valence-electron chi connectivity index (χ1n) is 8.92. The minimum Gasteiger partial charge on any atom is -0.353 e. The van der Waals surface area contributed by atoms with Gasteiger partial charge in [0, 0.05) is 25.7 Å². The second-order valence-electron chi connectivity index (χ2n) is 7.42. The Morgan fingerprint density at radius 1 is 1.05 bits per heavy atom. The smallest absolute Gasteiger partial charge is 0.236 e. The third kappa shape index (κ3) is 4.22. The zero-order valence-electron chi connectivity index (χ0n) is 13.7. The summed E-state index contributed by atoms with van der Waals surface area (Å²) in [6.07, 6.45) is 6.50. The number of nitrogens with one attached hydrogen (secondary N) is 1. The second-order valence-corrected chi connectivity index (χ2v) is 7.42. The van der Waals surface area contributed by atoms with Crippen LogP contribution in [-0.4, -0.2) is 60.4 Å². The number of carbonyl (C=O) groups is 2. The maximum absolute atomic E-state index is 12.4. The average Bonchev–Trinajstić information content (AvgIpc) is 3.32. The molecule has 0 radical (unpaired) electrons. The fourth-order valence-corrected chi connectivity index (χ4v) is 3.51. The van der Waals surface area contributed by atoms with Crippen molar-refractivity contribution in [3.05, 3.63) is 0 Å². The molecule has 1 N–H and O–H groups in total. The van der Waals surface area contributed by atoms with Gasteiger partial charge in [0.25, 0.3) is 0 Å². The minimum absolute atomic E-state index is 0.0727. The van der Waals surface area contributed by atoms with Crippen LogP contribution < -0.4 is 5.32 Å². The Balaban J connectivity index is 1.45. The summed E-state index contributed by atoms with van der Waals surface area (Å²) in [5, 5.41) is 3.10. The molecule has 3 aliphatic rings. The number of carbonyl (C=O) groups excluding carboxylic acids is 2. The zero-order valence-corrected chi connectivity index (χ0v) is 13.7. The standard InChI is InChI=1S/C17H29N3O2/c1-13-6-9-20(10-7-13)16(21)12-19-8-2-3-14(11-19)17(22)18-15-4-5-15/h13-15H,2-12H2,1H3,(H,18,22). The molecule has 1 saturated carbocycles. The normalized spacial score (nSPS) is 27.7. The van der Waals surface area contributed by atoms with Crippen molar-refractivity contribution in [1.82, 2.24) is 15.1 Å². The summed E-state index contributed by atoms with van der Waals surface area (Å²) in [7, 11) is 0. The van der Waals surface area contributed by atoms with Gasteiger partial charge in [-0.1, -0.05) is 6.92 Å². The van der Waals surface area contributed by atoms with Crippen molar-refractivity contribution in [2.24, 2.45) is 11.8 Å². The molecule has 0 aromatic heterocycles. The molecular weight excluding hydrogens is 278 g/mol. The molecular formula is C17H29N3O2. The molecule has 124 valence electrons. The maximum atomic E-state index is 12.4. The van der Waals surface area contributed by atoms with E-state index >= 15 is 0 Å². The number of amides is 2. The van der Waals surface area contributed by atoms with E-state index in [-0.39, 0.29) is 17.7 Å². The van der Waals surface area contributed by atoms with Gasteiger partial charge in [0.15, 0.2) is 0 Å². The average molecular weight is 307 g/mol. The van der Waals surface area contributed by atoms with E-state index < -0.39 is 0 Å². The van der Waals surface area contributed by atoms with E-state index in [9.17, 15) is 9.59 Å². The van der Waals surface area contributed by atoms with Crippen LogP contribution in [0.5, 0.6) is 0 Å². The molecule has 0 spiro atoms. The van der Waals surface area contributed by atoms with Crippen molar-refractivity contribution in [3.63, 3.8) is 0 Å². The van der Waals surface area contributed by atoms with Crippen molar-refractivity contribution in [2.75, 3.05) is 32.7 Å². The summed E-state index contributed by atoms with van der Waals surface area (Å²) >= 11 is 0. The van der Waals surface area contributed by atoms with Gasteiger partial charge >= 0.3 is 0 Å². The molecule has 0 aromatic carbocycles. The molecule has 1 unspecified atom stereocenters. The van der Waals surface area contributed by atoms with Gasteiger partial charge < -0.3 is 10.2 Å². The lowest BCUT2D eigenvalue weighted by Crippen LogP contribution is -2.48. The lowest BCUT2D eigenvalue weighted by molar-refractivity contribution is -0.135. The largest absolute Gasteiger partial charge is 0.353 e. The number of hydrogen-bond donors (Lipinski definition) is 1. The Hall–Kier alpha value is -1.10. The van der Waals surface area contributed by atoms with E-state index in [1.807, 2.05) is 4.90 Å². The molecule has 2 amide bonds. The summed E-state index contributed by atoms with van der Waals surface area (Å²) in [4.78, 5) is 28.8. The Bertz CT molecular complexity index is 414. The fourth-order valence-electron chi connectivity index (χ4n) is 3.51. The van der Waals surface area contributed by atoms with Gasteiger partial charge in [-0.2, -0.15) is 0 Å².